The second-order valence-electron chi connectivity index (χ2n) is 4.80. The number of rotatable bonds is 2. The SMILES string of the molecule is C[C@H](C=O)c1ccc(C(C)(C)C)cc1. The Hall–Kier alpha value is -1.11. The van der Waals surface area contributed by atoms with Gasteiger partial charge in [-0.1, -0.05) is 52.0 Å². The Balaban J connectivity index is 2.95. The number of aldehydes is 1. The van der Waals surface area contributed by atoms with Gasteiger partial charge in [0.15, 0.2) is 0 Å². The average Bonchev–Trinajstić information content (AvgIpc) is 2.15. The molecule has 0 heterocycles. The molecule has 0 aliphatic rings. The standard InChI is InChI=1S/C13H18O/c1-10(9-14)11-5-7-12(8-6-11)13(2,3)4/h5-10H,1-4H3/t10-/m1/s1. The largest absolute Gasteiger partial charge is 0.303 e. The predicted octanol–water partition coefficient (Wildman–Crippen LogP) is 3.29. The van der Waals surface area contributed by atoms with Gasteiger partial charge >= 0.3 is 0 Å². The van der Waals surface area contributed by atoms with Crippen molar-refractivity contribution in [2.45, 2.75) is 39.0 Å². The highest BCUT2D eigenvalue weighted by Crippen LogP contribution is 2.23. The maximum absolute atomic E-state index is 10.6. The number of carbonyl (C=O) groups excluding carboxylic acids is 1. The van der Waals surface area contributed by atoms with E-state index in [1.54, 1.807) is 0 Å². The summed E-state index contributed by atoms with van der Waals surface area (Å²) in [6, 6.07) is 8.30. The van der Waals surface area contributed by atoms with Gasteiger partial charge in [-0.2, -0.15) is 0 Å². The Labute approximate surface area is 86.1 Å². The highest BCUT2D eigenvalue weighted by molar-refractivity contribution is 5.61. The molecule has 0 aliphatic carbocycles. The van der Waals surface area contributed by atoms with Crippen LogP contribution in [-0.4, -0.2) is 6.29 Å². The average molecular weight is 190 g/mol. The summed E-state index contributed by atoms with van der Waals surface area (Å²) in [6.45, 7) is 8.47. The van der Waals surface area contributed by atoms with E-state index in [1.165, 1.54) is 5.56 Å². The molecule has 0 saturated heterocycles. The Bertz CT molecular complexity index is 303. The summed E-state index contributed by atoms with van der Waals surface area (Å²) in [4.78, 5) is 10.6. The topological polar surface area (TPSA) is 17.1 Å². The van der Waals surface area contributed by atoms with E-state index in [1.807, 2.05) is 19.1 Å². The molecule has 0 aliphatic heterocycles. The van der Waals surface area contributed by atoms with E-state index < -0.39 is 0 Å². The lowest BCUT2D eigenvalue weighted by atomic mass is 9.86. The normalized spacial score (nSPS) is 13.7. The zero-order valence-electron chi connectivity index (χ0n) is 9.37. The van der Waals surface area contributed by atoms with Crippen molar-refractivity contribution in [3.8, 4) is 0 Å². The monoisotopic (exact) mass is 190 g/mol. The highest BCUT2D eigenvalue weighted by atomic mass is 16.1. The minimum absolute atomic E-state index is 0.00372. The van der Waals surface area contributed by atoms with E-state index >= 15 is 0 Å². The van der Waals surface area contributed by atoms with E-state index in [4.69, 9.17) is 0 Å². The molecule has 0 spiro atoms. The zero-order chi connectivity index (χ0) is 10.8. The quantitative estimate of drug-likeness (QED) is 0.654. The van der Waals surface area contributed by atoms with Crippen LogP contribution >= 0.6 is 0 Å². The second kappa shape index (κ2) is 3.95. The van der Waals surface area contributed by atoms with Gasteiger partial charge in [0.1, 0.15) is 6.29 Å². The zero-order valence-corrected chi connectivity index (χ0v) is 9.37. The molecule has 0 saturated carbocycles. The summed E-state index contributed by atoms with van der Waals surface area (Å²) in [6.07, 6.45) is 0.978. The van der Waals surface area contributed by atoms with E-state index in [0.29, 0.717) is 0 Å². The summed E-state index contributed by atoms with van der Waals surface area (Å²) in [5.41, 5.74) is 2.58. The molecule has 0 amide bonds. The fourth-order valence-corrected chi connectivity index (χ4v) is 1.37. The van der Waals surface area contributed by atoms with Crippen molar-refractivity contribution in [3.05, 3.63) is 35.4 Å². The Kier molecular flexibility index (Phi) is 3.10. The van der Waals surface area contributed by atoms with Gasteiger partial charge in [0, 0.05) is 5.92 Å². The van der Waals surface area contributed by atoms with Crippen LogP contribution in [0.2, 0.25) is 0 Å². The first-order valence-corrected chi connectivity index (χ1v) is 5.01. The molecule has 0 bridgehead atoms. The van der Waals surface area contributed by atoms with Crippen LogP contribution in [0.5, 0.6) is 0 Å². The molecule has 1 aromatic rings. The van der Waals surface area contributed by atoms with Crippen LogP contribution in [0.15, 0.2) is 24.3 Å². The van der Waals surface area contributed by atoms with Crippen LogP contribution < -0.4 is 0 Å². The lowest BCUT2D eigenvalue weighted by Gasteiger charge is -2.19. The van der Waals surface area contributed by atoms with Crippen LogP contribution in [0.4, 0.5) is 0 Å². The summed E-state index contributed by atoms with van der Waals surface area (Å²) >= 11 is 0. The Morgan fingerprint density at radius 1 is 1.14 bits per heavy atom. The minimum atomic E-state index is 0.00372. The fourth-order valence-electron chi connectivity index (χ4n) is 1.37. The van der Waals surface area contributed by atoms with Gasteiger partial charge in [0.25, 0.3) is 0 Å². The van der Waals surface area contributed by atoms with Crippen molar-refractivity contribution < 1.29 is 4.79 Å². The van der Waals surface area contributed by atoms with Gasteiger partial charge < -0.3 is 4.79 Å². The molecule has 0 aromatic heterocycles. The third-order valence-electron chi connectivity index (χ3n) is 2.51. The second-order valence-corrected chi connectivity index (χ2v) is 4.80. The van der Waals surface area contributed by atoms with E-state index in [-0.39, 0.29) is 11.3 Å². The number of hydrogen-bond acceptors (Lipinski definition) is 1. The van der Waals surface area contributed by atoms with E-state index in [2.05, 4.69) is 32.9 Å². The summed E-state index contributed by atoms with van der Waals surface area (Å²) in [5.74, 6) is 0.00372. The molecule has 1 aromatic carbocycles. The van der Waals surface area contributed by atoms with Crippen LogP contribution in [0.1, 0.15) is 44.7 Å². The fraction of sp³-hybridized carbons (Fsp3) is 0.462. The van der Waals surface area contributed by atoms with Gasteiger partial charge in [-0.15, -0.1) is 0 Å². The summed E-state index contributed by atoms with van der Waals surface area (Å²) in [7, 11) is 0. The molecular formula is C13H18O. The van der Waals surface area contributed by atoms with Crippen molar-refractivity contribution in [3.63, 3.8) is 0 Å². The third kappa shape index (κ3) is 2.44. The lowest BCUT2D eigenvalue weighted by Crippen LogP contribution is -2.10. The first-order chi connectivity index (χ1) is 6.45. The van der Waals surface area contributed by atoms with Gasteiger partial charge in [-0.3, -0.25) is 0 Å². The molecular weight excluding hydrogens is 172 g/mol. The van der Waals surface area contributed by atoms with Gasteiger partial charge in [0.2, 0.25) is 0 Å². The first-order valence-electron chi connectivity index (χ1n) is 5.01. The van der Waals surface area contributed by atoms with Crippen molar-refractivity contribution in [1.82, 2.24) is 0 Å². The molecule has 76 valence electrons. The lowest BCUT2D eigenvalue weighted by molar-refractivity contribution is -0.108. The third-order valence-corrected chi connectivity index (χ3v) is 2.51. The summed E-state index contributed by atoms with van der Waals surface area (Å²) < 4.78 is 0. The maximum atomic E-state index is 10.6. The molecule has 1 nitrogen and oxygen atoms in total. The number of carbonyl (C=O) groups is 1. The summed E-state index contributed by atoms with van der Waals surface area (Å²) in [5, 5.41) is 0. The van der Waals surface area contributed by atoms with Crippen LogP contribution in [0, 0.1) is 0 Å². The molecule has 0 N–H and O–H groups in total. The van der Waals surface area contributed by atoms with Crippen LogP contribution in [0.3, 0.4) is 0 Å². The van der Waals surface area contributed by atoms with Crippen LogP contribution in [-0.2, 0) is 10.2 Å². The molecule has 14 heavy (non-hydrogen) atoms. The van der Waals surface area contributed by atoms with Crippen molar-refractivity contribution in [2.24, 2.45) is 0 Å². The van der Waals surface area contributed by atoms with E-state index in [9.17, 15) is 4.79 Å². The van der Waals surface area contributed by atoms with Gasteiger partial charge in [-0.05, 0) is 16.5 Å². The maximum Gasteiger partial charge on any atom is 0.127 e. The molecule has 0 unspecified atom stereocenters. The van der Waals surface area contributed by atoms with Crippen molar-refractivity contribution in [2.75, 3.05) is 0 Å². The predicted molar refractivity (Wildman–Crippen MR) is 59.6 cm³/mol. The number of hydrogen-bond donors (Lipinski definition) is 0. The smallest absolute Gasteiger partial charge is 0.127 e. The molecule has 1 heteroatoms. The molecule has 1 rings (SSSR count). The molecule has 1 atom stereocenters. The van der Waals surface area contributed by atoms with Crippen molar-refractivity contribution >= 4 is 6.29 Å². The molecule has 0 fully saturated rings. The van der Waals surface area contributed by atoms with Gasteiger partial charge in [0.05, 0.1) is 0 Å². The van der Waals surface area contributed by atoms with Gasteiger partial charge in [-0.25, -0.2) is 0 Å². The Morgan fingerprint density at radius 3 is 2.00 bits per heavy atom. The van der Waals surface area contributed by atoms with Crippen molar-refractivity contribution in [1.29, 1.82) is 0 Å². The Morgan fingerprint density at radius 2 is 1.64 bits per heavy atom. The first kappa shape index (κ1) is 11.0. The molecule has 0 radical (unpaired) electrons. The number of benzene rings is 1. The van der Waals surface area contributed by atoms with E-state index in [0.717, 1.165) is 11.8 Å². The van der Waals surface area contributed by atoms with Crippen LogP contribution in [0.25, 0.3) is 0 Å². The highest BCUT2D eigenvalue weighted by Gasteiger charge is 2.13. The minimum Gasteiger partial charge on any atom is -0.303 e.